The van der Waals surface area contributed by atoms with Gasteiger partial charge in [0.25, 0.3) is 5.56 Å². The molecule has 1 saturated heterocycles. The summed E-state index contributed by atoms with van der Waals surface area (Å²) < 4.78 is 0. The Labute approximate surface area is 95.7 Å². The fourth-order valence-electron chi connectivity index (χ4n) is 2.07. The number of aromatic amines is 1. The van der Waals surface area contributed by atoms with Gasteiger partial charge in [0, 0.05) is 19.2 Å². The Morgan fingerprint density at radius 2 is 2.00 bits per heavy atom. The van der Waals surface area contributed by atoms with E-state index in [1.54, 1.807) is 6.07 Å². The van der Waals surface area contributed by atoms with Gasteiger partial charge in [0.2, 0.25) is 0 Å². The molecule has 1 N–H and O–H groups in total. The summed E-state index contributed by atoms with van der Waals surface area (Å²) in [7, 11) is 0. The molecule has 1 aliphatic heterocycles. The molecule has 2 heterocycles. The van der Waals surface area contributed by atoms with Crippen LogP contribution in [-0.4, -0.2) is 23.1 Å². The number of H-pyrrole nitrogens is 1. The number of nitrogens with zero attached hydrogens (tertiary/aromatic N) is 2. The van der Waals surface area contributed by atoms with E-state index in [2.05, 4.69) is 28.7 Å². The first kappa shape index (κ1) is 11.2. The lowest BCUT2D eigenvalue weighted by atomic mass is 9.83. The van der Waals surface area contributed by atoms with Gasteiger partial charge >= 0.3 is 0 Å². The molecule has 0 unspecified atom stereocenters. The molecule has 4 nitrogen and oxygen atoms in total. The molecule has 1 aliphatic rings. The van der Waals surface area contributed by atoms with E-state index in [1.165, 1.54) is 0 Å². The normalized spacial score (nSPS) is 19.8. The summed E-state index contributed by atoms with van der Waals surface area (Å²) in [5, 5.41) is 0. The Balaban J connectivity index is 2.17. The van der Waals surface area contributed by atoms with Crippen LogP contribution in [0.4, 0.5) is 5.82 Å². The van der Waals surface area contributed by atoms with Crippen LogP contribution < -0.4 is 10.5 Å². The molecule has 1 aromatic rings. The van der Waals surface area contributed by atoms with E-state index >= 15 is 0 Å². The number of hydrogen-bond donors (Lipinski definition) is 1. The van der Waals surface area contributed by atoms with E-state index in [1.807, 2.05) is 6.92 Å². The van der Waals surface area contributed by atoms with Crippen molar-refractivity contribution in [3.8, 4) is 0 Å². The van der Waals surface area contributed by atoms with Crippen LogP contribution in [0.25, 0.3) is 0 Å². The fourth-order valence-corrected chi connectivity index (χ4v) is 2.07. The van der Waals surface area contributed by atoms with E-state index in [-0.39, 0.29) is 5.56 Å². The second-order valence-corrected chi connectivity index (χ2v) is 5.34. The van der Waals surface area contributed by atoms with E-state index in [9.17, 15) is 4.79 Å². The number of anilines is 1. The van der Waals surface area contributed by atoms with Crippen LogP contribution in [0.3, 0.4) is 0 Å². The van der Waals surface area contributed by atoms with Crippen LogP contribution in [0.5, 0.6) is 0 Å². The van der Waals surface area contributed by atoms with E-state index in [4.69, 9.17) is 0 Å². The second-order valence-electron chi connectivity index (χ2n) is 5.34. The summed E-state index contributed by atoms with van der Waals surface area (Å²) in [5.74, 6) is 1.50. The topological polar surface area (TPSA) is 49.0 Å². The quantitative estimate of drug-likeness (QED) is 0.785. The SMILES string of the molecule is Cc1nc(N2CCC(C)(C)CC2)cc(=O)[nH]1. The minimum Gasteiger partial charge on any atom is -0.356 e. The van der Waals surface area contributed by atoms with E-state index in [0.29, 0.717) is 11.2 Å². The molecule has 0 aromatic carbocycles. The lowest BCUT2D eigenvalue weighted by Crippen LogP contribution is -2.38. The van der Waals surface area contributed by atoms with Crippen LogP contribution in [0.2, 0.25) is 0 Å². The van der Waals surface area contributed by atoms with Gasteiger partial charge < -0.3 is 9.88 Å². The summed E-state index contributed by atoms with van der Waals surface area (Å²) in [4.78, 5) is 20.6. The van der Waals surface area contributed by atoms with Crippen molar-refractivity contribution < 1.29 is 0 Å². The highest BCUT2D eigenvalue weighted by Gasteiger charge is 2.26. The molecule has 1 fully saturated rings. The van der Waals surface area contributed by atoms with Crippen LogP contribution >= 0.6 is 0 Å². The number of hydrogen-bond acceptors (Lipinski definition) is 3. The molecule has 0 saturated carbocycles. The summed E-state index contributed by atoms with van der Waals surface area (Å²) >= 11 is 0. The standard InChI is InChI=1S/C12H19N3O/c1-9-13-10(8-11(16)14-9)15-6-4-12(2,3)5-7-15/h8H,4-7H2,1-3H3,(H,13,14,16). The molecule has 0 atom stereocenters. The predicted molar refractivity (Wildman–Crippen MR) is 64.8 cm³/mol. The Morgan fingerprint density at radius 3 is 2.56 bits per heavy atom. The van der Waals surface area contributed by atoms with E-state index in [0.717, 1.165) is 31.7 Å². The molecule has 1 aromatic heterocycles. The van der Waals surface area contributed by atoms with Gasteiger partial charge in [0.1, 0.15) is 11.6 Å². The van der Waals surface area contributed by atoms with Crippen molar-refractivity contribution in [3.05, 3.63) is 22.2 Å². The monoisotopic (exact) mass is 221 g/mol. The average Bonchev–Trinajstić information content (AvgIpc) is 2.15. The van der Waals surface area contributed by atoms with Crippen molar-refractivity contribution in [2.45, 2.75) is 33.6 Å². The van der Waals surface area contributed by atoms with Crippen molar-refractivity contribution in [1.82, 2.24) is 9.97 Å². The van der Waals surface area contributed by atoms with Gasteiger partial charge in [-0.2, -0.15) is 0 Å². The molecule has 2 rings (SSSR count). The Kier molecular flexibility index (Phi) is 2.74. The maximum atomic E-state index is 11.4. The van der Waals surface area contributed by atoms with E-state index < -0.39 is 0 Å². The first-order valence-corrected chi connectivity index (χ1v) is 5.79. The molecule has 0 amide bonds. The lowest BCUT2D eigenvalue weighted by molar-refractivity contribution is 0.279. The third kappa shape index (κ3) is 2.43. The molecular formula is C12H19N3O. The molecular weight excluding hydrogens is 202 g/mol. The highest BCUT2D eigenvalue weighted by atomic mass is 16.1. The third-order valence-corrected chi connectivity index (χ3v) is 3.29. The van der Waals surface area contributed by atoms with Gasteiger partial charge in [-0.05, 0) is 25.2 Å². The molecule has 4 heteroatoms. The minimum absolute atomic E-state index is 0.0627. The average molecular weight is 221 g/mol. The highest BCUT2D eigenvalue weighted by molar-refractivity contribution is 5.37. The lowest BCUT2D eigenvalue weighted by Gasteiger charge is -2.37. The van der Waals surface area contributed by atoms with Crippen molar-refractivity contribution in [1.29, 1.82) is 0 Å². The van der Waals surface area contributed by atoms with Crippen LogP contribution in [-0.2, 0) is 0 Å². The molecule has 0 spiro atoms. The van der Waals surface area contributed by atoms with Gasteiger partial charge in [0.15, 0.2) is 0 Å². The summed E-state index contributed by atoms with van der Waals surface area (Å²) in [5.41, 5.74) is 0.361. The largest absolute Gasteiger partial charge is 0.356 e. The smallest absolute Gasteiger partial charge is 0.252 e. The van der Waals surface area contributed by atoms with Gasteiger partial charge in [-0.25, -0.2) is 4.98 Å². The number of aromatic nitrogens is 2. The Morgan fingerprint density at radius 1 is 1.38 bits per heavy atom. The second kappa shape index (κ2) is 3.92. The number of piperidine rings is 1. The van der Waals surface area contributed by atoms with Crippen LogP contribution in [0.15, 0.2) is 10.9 Å². The fraction of sp³-hybridized carbons (Fsp3) is 0.667. The van der Waals surface area contributed by atoms with Crippen molar-refractivity contribution in [2.75, 3.05) is 18.0 Å². The van der Waals surface area contributed by atoms with Crippen molar-refractivity contribution in [2.24, 2.45) is 5.41 Å². The third-order valence-electron chi connectivity index (χ3n) is 3.29. The van der Waals surface area contributed by atoms with Gasteiger partial charge in [-0.3, -0.25) is 4.79 Å². The molecule has 16 heavy (non-hydrogen) atoms. The maximum absolute atomic E-state index is 11.4. The van der Waals surface area contributed by atoms with Gasteiger partial charge in [-0.1, -0.05) is 13.8 Å². The van der Waals surface area contributed by atoms with Crippen LogP contribution in [0.1, 0.15) is 32.5 Å². The summed E-state index contributed by atoms with van der Waals surface area (Å²) in [6, 6.07) is 1.59. The first-order valence-electron chi connectivity index (χ1n) is 5.79. The summed E-state index contributed by atoms with van der Waals surface area (Å²) in [6.07, 6.45) is 2.31. The van der Waals surface area contributed by atoms with Crippen LogP contribution in [0, 0.1) is 12.3 Å². The molecule has 0 aliphatic carbocycles. The molecule has 88 valence electrons. The number of aryl methyl sites for hydroxylation is 1. The highest BCUT2D eigenvalue weighted by Crippen LogP contribution is 2.31. The Hall–Kier alpha value is -1.32. The first-order chi connectivity index (χ1) is 7.46. The molecule has 0 bridgehead atoms. The van der Waals surface area contributed by atoms with Crippen molar-refractivity contribution >= 4 is 5.82 Å². The van der Waals surface area contributed by atoms with Crippen molar-refractivity contribution in [3.63, 3.8) is 0 Å². The zero-order valence-corrected chi connectivity index (χ0v) is 10.2. The molecule has 0 radical (unpaired) electrons. The summed E-state index contributed by atoms with van der Waals surface area (Å²) in [6.45, 7) is 8.38. The zero-order valence-electron chi connectivity index (χ0n) is 10.2. The number of nitrogens with one attached hydrogen (secondary N) is 1. The van der Waals surface area contributed by atoms with Gasteiger partial charge in [-0.15, -0.1) is 0 Å². The minimum atomic E-state index is -0.0627. The Bertz CT molecular complexity index is 426. The predicted octanol–water partition coefficient (Wildman–Crippen LogP) is 1.70. The maximum Gasteiger partial charge on any atom is 0.252 e. The van der Waals surface area contributed by atoms with Gasteiger partial charge in [0.05, 0.1) is 0 Å². The number of rotatable bonds is 1. The zero-order chi connectivity index (χ0) is 11.8.